The van der Waals surface area contributed by atoms with Gasteiger partial charge in [-0.05, 0) is 86.8 Å². The molecule has 0 aliphatic carbocycles. The molecule has 0 fully saturated rings. The first-order chi connectivity index (χ1) is 15.8. The van der Waals surface area contributed by atoms with Crippen molar-refractivity contribution < 1.29 is 20.1 Å². The Morgan fingerprint density at radius 1 is 0.576 bits per heavy atom. The van der Waals surface area contributed by atoms with Crippen LogP contribution in [0.5, 0.6) is 28.7 Å². The van der Waals surface area contributed by atoms with Crippen LogP contribution in [0.2, 0.25) is 0 Å². The van der Waals surface area contributed by atoms with Gasteiger partial charge in [0, 0.05) is 11.3 Å². The van der Waals surface area contributed by atoms with Gasteiger partial charge in [-0.3, -0.25) is 0 Å². The Bertz CT molecular complexity index is 1220. The van der Waals surface area contributed by atoms with E-state index in [1.54, 1.807) is 30.3 Å². The predicted molar refractivity (Wildman–Crippen MR) is 132 cm³/mol. The molecule has 5 nitrogen and oxygen atoms in total. The molecule has 0 heterocycles. The molecule has 4 aromatic rings. The van der Waals surface area contributed by atoms with Gasteiger partial charge in [0.05, 0.1) is 11.4 Å². The van der Waals surface area contributed by atoms with E-state index < -0.39 is 0 Å². The number of benzene rings is 4. The quantitative estimate of drug-likeness (QED) is 0.303. The van der Waals surface area contributed by atoms with Crippen LogP contribution in [0, 0.1) is 27.7 Å². The highest BCUT2D eigenvalue weighted by Crippen LogP contribution is 2.46. The summed E-state index contributed by atoms with van der Waals surface area (Å²) in [6.45, 7) is 7.58. The van der Waals surface area contributed by atoms with Crippen LogP contribution in [0.15, 0.2) is 72.8 Å². The van der Waals surface area contributed by atoms with Crippen LogP contribution in [0.4, 0.5) is 17.1 Å². The number of ether oxygens (including phenoxy) is 1. The average Bonchev–Trinajstić information content (AvgIpc) is 2.78. The van der Waals surface area contributed by atoms with Gasteiger partial charge in [0.2, 0.25) is 0 Å². The molecule has 5 heteroatoms. The lowest BCUT2D eigenvalue weighted by molar-refractivity contribution is 0.446. The predicted octanol–water partition coefficient (Wildman–Crippen LogP) is 7.30. The van der Waals surface area contributed by atoms with Crippen molar-refractivity contribution >= 4 is 17.1 Å². The molecular weight excluding hydrogens is 414 g/mol. The zero-order chi connectivity index (χ0) is 23.7. The van der Waals surface area contributed by atoms with Crippen molar-refractivity contribution in [2.24, 2.45) is 0 Å². The Balaban J connectivity index is 1.81. The minimum atomic E-state index is 0.115. The minimum Gasteiger partial charge on any atom is -0.508 e. The van der Waals surface area contributed by atoms with E-state index in [2.05, 4.69) is 0 Å². The second-order valence-electron chi connectivity index (χ2n) is 8.17. The molecule has 0 aliphatic rings. The van der Waals surface area contributed by atoms with Gasteiger partial charge < -0.3 is 25.0 Å². The molecule has 33 heavy (non-hydrogen) atoms. The summed E-state index contributed by atoms with van der Waals surface area (Å²) < 4.78 is 6.08. The van der Waals surface area contributed by atoms with Crippen LogP contribution in [0.3, 0.4) is 0 Å². The number of aryl methyl sites for hydroxylation is 3. The normalized spacial score (nSPS) is 10.8. The number of phenolic OH excluding ortho intramolecular Hbond substituents is 3. The maximum atomic E-state index is 10.7. The molecule has 4 aromatic carbocycles. The van der Waals surface area contributed by atoms with Crippen molar-refractivity contribution in [3.8, 4) is 28.7 Å². The molecule has 0 bridgehead atoms. The molecule has 0 spiro atoms. The third-order valence-electron chi connectivity index (χ3n) is 5.77. The van der Waals surface area contributed by atoms with Gasteiger partial charge >= 0.3 is 0 Å². The van der Waals surface area contributed by atoms with Crippen molar-refractivity contribution in [1.29, 1.82) is 0 Å². The fourth-order valence-electron chi connectivity index (χ4n) is 3.99. The lowest BCUT2D eigenvalue weighted by Crippen LogP contribution is -2.13. The third kappa shape index (κ3) is 4.17. The molecule has 0 aromatic heterocycles. The van der Waals surface area contributed by atoms with Crippen LogP contribution >= 0.6 is 0 Å². The summed E-state index contributed by atoms with van der Waals surface area (Å²) in [7, 11) is 0. The van der Waals surface area contributed by atoms with Crippen LogP contribution in [-0.4, -0.2) is 15.3 Å². The Morgan fingerprint density at radius 3 is 1.64 bits per heavy atom. The van der Waals surface area contributed by atoms with Gasteiger partial charge in [0.25, 0.3) is 0 Å². The zero-order valence-corrected chi connectivity index (χ0v) is 19.1. The van der Waals surface area contributed by atoms with Crippen LogP contribution in [-0.2, 0) is 0 Å². The first-order valence-electron chi connectivity index (χ1n) is 10.7. The van der Waals surface area contributed by atoms with Crippen molar-refractivity contribution in [3.05, 3.63) is 95.1 Å². The SMILES string of the molecule is Cc1ccc(O)c(C)c1Oc1ccc(N(c2c(C)cccc2O)c2c(C)cccc2O)cc1. The average molecular weight is 442 g/mol. The highest BCUT2D eigenvalue weighted by molar-refractivity contribution is 5.86. The molecule has 0 amide bonds. The molecule has 4 rings (SSSR count). The van der Waals surface area contributed by atoms with E-state index in [1.807, 2.05) is 75.1 Å². The molecule has 3 N–H and O–H groups in total. The lowest BCUT2D eigenvalue weighted by Gasteiger charge is -2.29. The Labute approximate surface area is 193 Å². The highest BCUT2D eigenvalue weighted by atomic mass is 16.5. The van der Waals surface area contributed by atoms with Gasteiger partial charge in [-0.2, -0.15) is 0 Å². The van der Waals surface area contributed by atoms with Gasteiger partial charge in [-0.25, -0.2) is 0 Å². The Kier molecular flexibility index (Phi) is 5.88. The van der Waals surface area contributed by atoms with Gasteiger partial charge in [-0.15, -0.1) is 0 Å². The topological polar surface area (TPSA) is 73.2 Å². The molecule has 168 valence electrons. The number of aromatic hydroxyl groups is 3. The Hall–Kier alpha value is -4.12. The minimum absolute atomic E-state index is 0.115. The number of para-hydroxylation sites is 2. The summed E-state index contributed by atoms with van der Waals surface area (Å²) in [6.07, 6.45) is 0. The number of phenols is 3. The first-order valence-corrected chi connectivity index (χ1v) is 10.7. The molecule has 0 aliphatic heterocycles. The zero-order valence-electron chi connectivity index (χ0n) is 19.1. The molecule has 0 atom stereocenters. The number of anilines is 3. The summed E-state index contributed by atoms with van der Waals surface area (Å²) in [4.78, 5) is 1.85. The number of nitrogens with zero attached hydrogens (tertiary/aromatic N) is 1. The largest absolute Gasteiger partial charge is 0.508 e. The van der Waals surface area contributed by atoms with Crippen molar-refractivity contribution in [1.82, 2.24) is 0 Å². The fraction of sp³-hybridized carbons (Fsp3) is 0.143. The van der Waals surface area contributed by atoms with E-state index in [1.165, 1.54) is 0 Å². The second-order valence-corrected chi connectivity index (χ2v) is 8.17. The van der Waals surface area contributed by atoms with Crippen LogP contribution in [0.25, 0.3) is 0 Å². The maximum Gasteiger partial charge on any atom is 0.139 e. The van der Waals surface area contributed by atoms with E-state index >= 15 is 0 Å². The van der Waals surface area contributed by atoms with Crippen molar-refractivity contribution in [2.45, 2.75) is 27.7 Å². The number of hydrogen-bond acceptors (Lipinski definition) is 5. The van der Waals surface area contributed by atoms with E-state index in [9.17, 15) is 15.3 Å². The van der Waals surface area contributed by atoms with Crippen molar-refractivity contribution in [2.75, 3.05) is 4.90 Å². The van der Waals surface area contributed by atoms with E-state index in [0.717, 1.165) is 22.4 Å². The van der Waals surface area contributed by atoms with Gasteiger partial charge in [0.1, 0.15) is 28.7 Å². The van der Waals surface area contributed by atoms with Crippen LogP contribution in [0.1, 0.15) is 22.3 Å². The van der Waals surface area contributed by atoms with E-state index in [4.69, 9.17) is 4.74 Å². The smallest absolute Gasteiger partial charge is 0.139 e. The lowest BCUT2D eigenvalue weighted by atomic mass is 10.1. The molecule has 0 saturated carbocycles. The van der Waals surface area contributed by atoms with Crippen molar-refractivity contribution in [3.63, 3.8) is 0 Å². The maximum absolute atomic E-state index is 10.7. The fourth-order valence-corrected chi connectivity index (χ4v) is 3.99. The first kappa shape index (κ1) is 22.1. The highest BCUT2D eigenvalue weighted by Gasteiger charge is 2.22. The van der Waals surface area contributed by atoms with Gasteiger partial charge in [-0.1, -0.05) is 30.3 Å². The number of hydrogen-bond donors (Lipinski definition) is 3. The third-order valence-corrected chi connectivity index (χ3v) is 5.77. The monoisotopic (exact) mass is 441 g/mol. The molecular formula is C28H27NO4. The molecule has 0 radical (unpaired) electrons. The van der Waals surface area contributed by atoms with E-state index in [0.29, 0.717) is 28.4 Å². The van der Waals surface area contributed by atoms with Gasteiger partial charge in [0.15, 0.2) is 0 Å². The molecule has 0 unspecified atom stereocenters. The number of rotatable bonds is 5. The Morgan fingerprint density at radius 2 is 1.12 bits per heavy atom. The molecule has 0 saturated heterocycles. The summed E-state index contributed by atoms with van der Waals surface area (Å²) in [5, 5.41) is 31.5. The summed E-state index contributed by atoms with van der Waals surface area (Å²) in [5.41, 5.74) is 5.26. The summed E-state index contributed by atoms with van der Waals surface area (Å²) in [5.74, 6) is 1.64. The summed E-state index contributed by atoms with van der Waals surface area (Å²) >= 11 is 0. The van der Waals surface area contributed by atoms with E-state index in [-0.39, 0.29) is 17.2 Å². The summed E-state index contributed by atoms with van der Waals surface area (Å²) in [6, 6.07) is 21.6. The van der Waals surface area contributed by atoms with Crippen LogP contribution < -0.4 is 9.64 Å². The second kappa shape index (κ2) is 8.79. The standard InChI is InChI=1S/C28H27NO4/c1-17-7-5-9-24(31)26(17)29(27-18(2)8-6-10-25(27)32)21-12-14-22(15-13-21)33-28-19(3)11-16-23(30)20(28)4/h5-16,30-32H,1-4H3.